The van der Waals surface area contributed by atoms with Gasteiger partial charge in [-0.05, 0) is 12.3 Å². The summed E-state index contributed by atoms with van der Waals surface area (Å²) in [5.41, 5.74) is 1.85. The Balaban J connectivity index is 2.56. The average molecular weight is 282 g/mol. The highest BCUT2D eigenvalue weighted by molar-refractivity contribution is 5.82. The van der Waals surface area contributed by atoms with Gasteiger partial charge in [0.25, 0.3) is 0 Å². The first-order valence-corrected chi connectivity index (χ1v) is 6.63. The number of aliphatic carboxylic acids is 1. The molecule has 0 aliphatic heterocycles. The van der Waals surface area contributed by atoms with E-state index < -0.39 is 18.0 Å². The normalized spacial score (nSPS) is 12.2. The molecule has 7 heteroatoms. The van der Waals surface area contributed by atoms with E-state index in [0.29, 0.717) is 6.54 Å². The first-order chi connectivity index (χ1) is 9.35. The highest BCUT2D eigenvalue weighted by atomic mass is 16.4. The third-order valence-corrected chi connectivity index (χ3v) is 2.99. The van der Waals surface area contributed by atoms with Crippen LogP contribution in [-0.4, -0.2) is 32.9 Å². The van der Waals surface area contributed by atoms with E-state index in [1.54, 1.807) is 18.5 Å². The number of aryl methyl sites for hydroxylation is 2. The second-order valence-corrected chi connectivity index (χ2v) is 5.02. The number of carboxylic acid groups (broad SMARTS) is 1. The van der Waals surface area contributed by atoms with E-state index in [1.165, 1.54) is 0 Å². The van der Waals surface area contributed by atoms with Crippen molar-refractivity contribution in [2.24, 2.45) is 13.0 Å². The third kappa shape index (κ3) is 4.25. The summed E-state index contributed by atoms with van der Waals surface area (Å²) in [6.07, 6.45) is 2.62. The number of carbonyl (C=O) groups excluding carboxylic acids is 1. The predicted molar refractivity (Wildman–Crippen MR) is 74.2 cm³/mol. The summed E-state index contributed by atoms with van der Waals surface area (Å²) < 4.78 is 1.70. The van der Waals surface area contributed by atoms with Crippen LogP contribution in [0.1, 0.15) is 32.0 Å². The molecule has 1 atom stereocenters. The van der Waals surface area contributed by atoms with Gasteiger partial charge in [-0.3, -0.25) is 4.68 Å². The lowest BCUT2D eigenvalue weighted by Crippen LogP contribution is -2.48. The van der Waals surface area contributed by atoms with Crippen LogP contribution in [0.15, 0.2) is 6.20 Å². The molecule has 0 aliphatic rings. The summed E-state index contributed by atoms with van der Waals surface area (Å²) in [7, 11) is 1.82. The van der Waals surface area contributed by atoms with E-state index in [-0.39, 0.29) is 5.92 Å². The molecule has 1 heterocycles. The molecule has 1 rings (SSSR count). The van der Waals surface area contributed by atoms with Crippen molar-refractivity contribution in [3.05, 3.63) is 17.5 Å². The maximum absolute atomic E-state index is 11.7. The molecule has 0 saturated heterocycles. The molecule has 0 radical (unpaired) electrons. The summed E-state index contributed by atoms with van der Waals surface area (Å²) >= 11 is 0. The minimum absolute atomic E-state index is 0.178. The Labute approximate surface area is 118 Å². The van der Waals surface area contributed by atoms with Gasteiger partial charge in [-0.1, -0.05) is 20.8 Å². The van der Waals surface area contributed by atoms with E-state index in [0.717, 1.165) is 17.7 Å². The lowest BCUT2D eigenvalue weighted by Gasteiger charge is -2.18. The standard InChI is InChI=1S/C13H22N4O3/c1-5-10-9(7-17(4)16-10)6-14-13(20)15-11(8(2)3)12(18)19/h7-8,11H,5-6H2,1-4H3,(H,18,19)(H2,14,15,20). The van der Waals surface area contributed by atoms with Crippen molar-refractivity contribution in [1.29, 1.82) is 0 Å². The van der Waals surface area contributed by atoms with Gasteiger partial charge in [-0.2, -0.15) is 5.10 Å². The molecule has 112 valence electrons. The summed E-state index contributed by atoms with van der Waals surface area (Å²) in [6, 6.07) is -1.38. The van der Waals surface area contributed by atoms with Crippen LogP contribution in [0, 0.1) is 5.92 Å². The molecule has 3 N–H and O–H groups in total. The molecular weight excluding hydrogens is 260 g/mol. The number of carboxylic acids is 1. The number of hydrogen-bond donors (Lipinski definition) is 3. The van der Waals surface area contributed by atoms with Gasteiger partial charge in [0.05, 0.1) is 5.69 Å². The van der Waals surface area contributed by atoms with Gasteiger partial charge in [0, 0.05) is 25.4 Å². The molecule has 2 amide bonds. The Hall–Kier alpha value is -2.05. The Bertz CT molecular complexity index is 482. The minimum atomic E-state index is -1.04. The maximum Gasteiger partial charge on any atom is 0.326 e. The van der Waals surface area contributed by atoms with Crippen molar-refractivity contribution in [1.82, 2.24) is 20.4 Å². The van der Waals surface area contributed by atoms with Gasteiger partial charge < -0.3 is 15.7 Å². The molecule has 0 spiro atoms. The molecule has 1 aromatic rings. The average Bonchev–Trinajstić information content (AvgIpc) is 2.73. The van der Waals surface area contributed by atoms with Gasteiger partial charge in [-0.25, -0.2) is 9.59 Å². The van der Waals surface area contributed by atoms with Crippen molar-refractivity contribution in [3.63, 3.8) is 0 Å². The van der Waals surface area contributed by atoms with Crippen LogP contribution >= 0.6 is 0 Å². The quantitative estimate of drug-likeness (QED) is 0.722. The Morgan fingerprint density at radius 3 is 2.60 bits per heavy atom. The zero-order valence-corrected chi connectivity index (χ0v) is 12.3. The lowest BCUT2D eigenvalue weighted by atomic mass is 10.1. The highest BCUT2D eigenvalue weighted by Crippen LogP contribution is 2.06. The Morgan fingerprint density at radius 2 is 2.10 bits per heavy atom. The second-order valence-electron chi connectivity index (χ2n) is 5.02. The van der Waals surface area contributed by atoms with Gasteiger partial charge in [-0.15, -0.1) is 0 Å². The summed E-state index contributed by atoms with van der Waals surface area (Å²) in [5.74, 6) is -1.21. The molecule has 7 nitrogen and oxygen atoms in total. The molecule has 1 unspecified atom stereocenters. The molecule has 0 bridgehead atoms. The zero-order valence-electron chi connectivity index (χ0n) is 12.3. The molecule has 0 fully saturated rings. The van der Waals surface area contributed by atoms with E-state index in [4.69, 9.17) is 5.11 Å². The number of hydrogen-bond acceptors (Lipinski definition) is 3. The van der Waals surface area contributed by atoms with Crippen molar-refractivity contribution in [2.75, 3.05) is 0 Å². The molecule has 0 aliphatic carbocycles. The molecule has 0 aromatic carbocycles. The van der Waals surface area contributed by atoms with Gasteiger partial charge >= 0.3 is 12.0 Å². The first kappa shape index (κ1) is 16.0. The first-order valence-electron chi connectivity index (χ1n) is 6.63. The van der Waals surface area contributed by atoms with Gasteiger partial charge in [0.15, 0.2) is 0 Å². The number of nitrogens with one attached hydrogen (secondary N) is 2. The van der Waals surface area contributed by atoms with E-state index in [9.17, 15) is 9.59 Å². The van der Waals surface area contributed by atoms with Crippen molar-refractivity contribution >= 4 is 12.0 Å². The summed E-state index contributed by atoms with van der Waals surface area (Å²) in [6.45, 7) is 5.81. The third-order valence-electron chi connectivity index (χ3n) is 2.99. The summed E-state index contributed by atoms with van der Waals surface area (Å²) in [4.78, 5) is 22.7. The fourth-order valence-electron chi connectivity index (χ4n) is 1.91. The fourth-order valence-corrected chi connectivity index (χ4v) is 1.91. The topological polar surface area (TPSA) is 96.3 Å². The van der Waals surface area contributed by atoms with Crippen LogP contribution in [0.3, 0.4) is 0 Å². The fraction of sp³-hybridized carbons (Fsp3) is 0.615. The van der Waals surface area contributed by atoms with Crippen LogP contribution in [-0.2, 0) is 24.8 Å². The van der Waals surface area contributed by atoms with E-state index >= 15 is 0 Å². The zero-order chi connectivity index (χ0) is 15.3. The smallest absolute Gasteiger partial charge is 0.326 e. The predicted octanol–water partition coefficient (Wildman–Crippen LogP) is 0.891. The summed E-state index contributed by atoms with van der Waals surface area (Å²) in [5, 5.41) is 18.4. The van der Waals surface area contributed by atoms with Crippen molar-refractivity contribution in [3.8, 4) is 0 Å². The molecule has 20 heavy (non-hydrogen) atoms. The number of aromatic nitrogens is 2. The Kier molecular flexibility index (Phi) is 5.54. The largest absolute Gasteiger partial charge is 0.480 e. The van der Waals surface area contributed by atoms with Crippen LogP contribution in [0.25, 0.3) is 0 Å². The van der Waals surface area contributed by atoms with Crippen molar-refractivity contribution in [2.45, 2.75) is 39.8 Å². The van der Waals surface area contributed by atoms with E-state index in [1.807, 2.05) is 20.2 Å². The SMILES string of the molecule is CCc1nn(C)cc1CNC(=O)NC(C(=O)O)C(C)C. The van der Waals surface area contributed by atoms with Crippen LogP contribution < -0.4 is 10.6 Å². The van der Waals surface area contributed by atoms with Crippen LogP contribution in [0.5, 0.6) is 0 Å². The molecule has 0 saturated carbocycles. The lowest BCUT2D eigenvalue weighted by molar-refractivity contribution is -0.140. The van der Waals surface area contributed by atoms with E-state index in [2.05, 4.69) is 15.7 Å². The van der Waals surface area contributed by atoms with Gasteiger partial charge in [0.2, 0.25) is 0 Å². The highest BCUT2D eigenvalue weighted by Gasteiger charge is 2.23. The van der Waals surface area contributed by atoms with Gasteiger partial charge in [0.1, 0.15) is 6.04 Å². The molecular formula is C13H22N4O3. The van der Waals surface area contributed by atoms with Crippen LogP contribution in [0.4, 0.5) is 4.79 Å². The minimum Gasteiger partial charge on any atom is -0.480 e. The number of urea groups is 1. The maximum atomic E-state index is 11.7. The van der Waals surface area contributed by atoms with Crippen LogP contribution in [0.2, 0.25) is 0 Å². The van der Waals surface area contributed by atoms with Crippen molar-refractivity contribution < 1.29 is 14.7 Å². The number of amides is 2. The Morgan fingerprint density at radius 1 is 1.45 bits per heavy atom. The number of rotatable bonds is 6. The number of nitrogens with zero attached hydrogens (tertiary/aromatic N) is 2. The second kappa shape index (κ2) is 6.93. The monoisotopic (exact) mass is 282 g/mol. The number of carbonyl (C=O) groups is 2. The molecule has 1 aromatic heterocycles.